The Balaban J connectivity index is 1.66. The fourth-order valence-electron chi connectivity index (χ4n) is 2.40. The van der Waals surface area contributed by atoms with Crippen LogP contribution in [0.15, 0.2) is 47.2 Å². The topological polar surface area (TPSA) is 73.0 Å². The first kappa shape index (κ1) is 16.9. The Kier molecular flexibility index (Phi) is 4.92. The highest BCUT2D eigenvalue weighted by Gasteiger charge is 2.14. The minimum Gasteiger partial charge on any atom is -0.444 e. The highest BCUT2D eigenvalue weighted by atomic mass is 19.1. The normalized spacial score (nSPS) is 12.1. The van der Waals surface area contributed by atoms with Gasteiger partial charge in [-0.15, -0.1) is 0 Å². The van der Waals surface area contributed by atoms with Crippen molar-refractivity contribution in [1.29, 1.82) is 0 Å². The molecule has 1 N–H and O–H groups in total. The van der Waals surface area contributed by atoms with Crippen molar-refractivity contribution in [3.8, 4) is 11.5 Å². The Hall–Kier alpha value is -2.96. The average Bonchev–Trinajstić information content (AvgIpc) is 3.24. The van der Waals surface area contributed by atoms with Crippen molar-refractivity contribution in [3.63, 3.8) is 0 Å². The Morgan fingerprint density at radius 1 is 1.32 bits per heavy atom. The van der Waals surface area contributed by atoms with E-state index in [0.717, 1.165) is 6.42 Å². The van der Waals surface area contributed by atoms with Gasteiger partial charge in [0.05, 0.1) is 24.4 Å². The number of rotatable bonds is 6. The van der Waals surface area contributed by atoms with Crippen molar-refractivity contribution in [2.24, 2.45) is 0 Å². The molecule has 0 saturated heterocycles. The monoisotopic (exact) mass is 342 g/mol. The van der Waals surface area contributed by atoms with Gasteiger partial charge in [-0.3, -0.25) is 4.79 Å². The summed E-state index contributed by atoms with van der Waals surface area (Å²) in [5, 5.41) is 7.08. The molecule has 130 valence electrons. The number of benzene rings is 1. The maximum absolute atomic E-state index is 13.0. The summed E-state index contributed by atoms with van der Waals surface area (Å²) in [6.07, 6.45) is 4.08. The van der Waals surface area contributed by atoms with Gasteiger partial charge in [0, 0.05) is 11.6 Å². The molecule has 0 radical (unpaired) electrons. The lowest BCUT2D eigenvalue weighted by molar-refractivity contribution is -0.115. The van der Waals surface area contributed by atoms with Crippen LogP contribution in [0.2, 0.25) is 0 Å². The molecule has 6 nitrogen and oxygen atoms in total. The largest absolute Gasteiger partial charge is 0.444 e. The number of oxazole rings is 1. The molecule has 3 rings (SSSR count). The van der Waals surface area contributed by atoms with E-state index >= 15 is 0 Å². The maximum atomic E-state index is 13.0. The van der Waals surface area contributed by atoms with Crippen molar-refractivity contribution < 1.29 is 13.6 Å². The van der Waals surface area contributed by atoms with Crippen LogP contribution in [-0.2, 0) is 11.2 Å². The van der Waals surface area contributed by atoms with Gasteiger partial charge in [-0.25, -0.2) is 14.1 Å². The lowest BCUT2D eigenvalue weighted by Crippen LogP contribution is -2.19. The Labute approximate surface area is 144 Å². The standard InChI is InChI=1S/C18H19FN4O2/c1-3-12(2)23-16(8-9-20-23)22-17(24)10-15-11-25-18(21-15)13-4-6-14(19)7-5-13/h4-9,11-12H,3,10H2,1-2H3,(H,22,24)/t12-/m0/s1. The highest BCUT2D eigenvalue weighted by Crippen LogP contribution is 2.20. The van der Waals surface area contributed by atoms with Gasteiger partial charge < -0.3 is 9.73 Å². The van der Waals surface area contributed by atoms with Crippen LogP contribution in [0.1, 0.15) is 32.0 Å². The predicted octanol–water partition coefficient (Wildman–Crippen LogP) is 3.83. The molecule has 0 unspecified atom stereocenters. The molecule has 2 heterocycles. The lowest BCUT2D eigenvalue weighted by atomic mass is 10.2. The quantitative estimate of drug-likeness (QED) is 0.739. The minimum absolute atomic E-state index is 0.0797. The zero-order chi connectivity index (χ0) is 17.8. The van der Waals surface area contributed by atoms with Gasteiger partial charge in [-0.05, 0) is 37.6 Å². The zero-order valence-electron chi connectivity index (χ0n) is 14.1. The molecule has 0 aliphatic rings. The smallest absolute Gasteiger partial charge is 0.231 e. The third kappa shape index (κ3) is 3.93. The first-order valence-electron chi connectivity index (χ1n) is 8.10. The van der Waals surface area contributed by atoms with Crippen molar-refractivity contribution in [1.82, 2.24) is 14.8 Å². The van der Waals surface area contributed by atoms with Gasteiger partial charge in [-0.2, -0.15) is 5.10 Å². The first-order valence-corrected chi connectivity index (χ1v) is 8.10. The molecule has 0 fully saturated rings. The number of halogens is 1. The van der Waals surface area contributed by atoms with Crippen LogP contribution in [-0.4, -0.2) is 20.7 Å². The summed E-state index contributed by atoms with van der Waals surface area (Å²) < 4.78 is 20.1. The summed E-state index contributed by atoms with van der Waals surface area (Å²) in [6.45, 7) is 4.10. The maximum Gasteiger partial charge on any atom is 0.231 e. The van der Waals surface area contributed by atoms with E-state index in [0.29, 0.717) is 23.0 Å². The number of aromatic nitrogens is 3. The van der Waals surface area contributed by atoms with E-state index in [4.69, 9.17) is 4.42 Å². The van der Waals surface area contributed by atoms with Gasteiger partial charge in [0.2, 0.25) is 11.8 Å². The molecule has 3 aromatic rings. The van der Waals surface area contributed by atoms with Gasteiger partial charge >= 0.3 is 0 Å². The van der Waals surface area contributed by atoms with Crippen LogP contribution >= 0.6 is 0 Å². The summed E-state index contributed by atoms with van der Waals surface area (Å²) in [6, 6.07) is 7.79. The van der Waals surface area contributed by atoms with Crippen LogP contribution in [0.4, 0.5) is 10.2 Å². The van der Waals surface area contributed by atoms with Gasteiger partial charge in [0.15, 0.2) is 0 Å². The highest BCUT2D eigenvalue weighted by molar-refractivity contribution is 5.91. The zero-order valence-corrected chi connectivity index (χ0v) is 14.1. The fraction of sp³-hybridized carbons (Fsp3) is 0.278. The van der Waals surface area contributed by atoms with Crippen LogP contribution in [0.3, 0.4) is 0 Å². The van der Waals surface area contributed by atoms with Crippen molar-refractivity contribution in [2.75, 3.05) is 5.32 Å². The average molecular weight is 342 g/mol. The van der Waals surface area contributed by atoms with Gasteiger partial charge in [0.25, 0.3) is 0 Å². The number of anilines is 1. The number of carbonyl (C=O) groups is 1. The third-order valence-corrected chi connectivity index (χ3v) is 3.93. The first-order chi connectivity index (χ1) is 12.1. The third-order valence-electron chi connectivity index (χ3n) is 3.93. The molecule has 7 heteroatoms. The molecule has 1 aromatic carbocycles. The number of hydrogen-bond acceptors (Lipinski definition) is 4. The minimum atomic E-state index is -0.326. The van der Waals surface area contributed by atoms with E-state index in [-0.39, 0.29) is 24.2 Å². The summed E-state index contributed by atoms with van der Waals surface area (Å²) >= 11 is 0. The van der Waals surface area contributed by atoms with E-state index in [1.54, 1.807) is 29.1 Å². The number of nitrogens with one attached hydrogen (secondary N) is 1. The predicted molar refractivity (Wildman–Crippen MR) is 91.5 cm³/mol. The van der Waals surface area contributed by atoms with E-state index in [9.17, 15) is 9.18 Å². The number of nitrogens with zero attached hydrogens (tertiary/aromatic N) is 3. The van der Waals surface area contributed by atoms with Crippen LogP contribution < -0.4 is 5.32 Å². The molecule has 2 aromatic heterocycles. The Morgan fingerprint density at radius 3 is 2.80 bits per heavy atom. The van der Waals surface area contributed by atoms with Gasteiger partial charge in [-0.1, -0.05) is 6.92 Å². The lowest BCUT2D eigenvalue weighted by Gasteiger charge is -2.13. The summed E-state index contributed by atoms with van der Waals surface area (Å²) in [4.78, 5) is 16.5. The van der Waals surface area contributed by atoms with Crippen molar-refractivity contribution in [3.05, 3.63) is 54.3 Å². The summed E-state index contributed by atoms with van der Waals surface area (Å²) in [5.41, 5.74) is 1.16. The van der Waals surface area contributed by atoms with E-state index < -0.39 is 0 Å². The molecular weight excluding hydrogens is 323 g/mol. The second kappa shape index (κ2) is 7.29. The van der Waals surface area contributed by atoms with E-state index in [2.05, 4.69) is 22.3 Å². The van der Waals surface area contributed by atoms with E-state index in [1.165, 1.54) is 18.4 Å². The molecule has 1 amide bonds. The summed E-state index contributed by atoms with van der Waals surface area (Å²) in [7, 11) is 0. The summed E-state index contributed by atoms with van der Waals surface area (Å²) in [5.74, 6) is 0.478. The van der Waals surface area contributed by atoms with Crippen molar-refractivity contribution >= 4 is 11.7 Å². The fourth-order valence-corrected chi connectivity index (χ4v) is 2.40. The van der Waals surface area contributed by atoms with Crippen LogP contribution in [0.5, 0.6) is 0 Å². The van der Waals surface area contributed by atoms with Gasteiger partial charge in [0.1, 0.15) is 17.9 Å². The molecule has 0 bridgehead atoms. The number of amides is 1. The second-order valence-electron chi connectivity index (χ2n) is 5.79. The molecule has 0 saturated carbocycles. The van der Waals surface area contributed by atoms with Crippen LogP contribution in [0.25, 0.3) is 11.5 Å². The molecule has 0 aliphatic carbocycles. The number of carbonyl (C=O) groups excluding carboxylic acids is 1. The second-order valence-corrected chi connectivity index (χ2v) is 5.79. The Morgan fingerprint density at radius 2 is 2.08 bits per heavy atom. The molecular formula is C18H19FN4O2. The van der Waals surface area contributed by atoms with E-state index in [1.807, 2.05) is 6.92 Å². The SMILES string of the molecule is CC[C@H](C)n1nccc1NC(=O)Cc1coc(-c2ccc(F)cc2)n1. The van der Waals surface area contributed by atoms with Crippen molar-refractivity contribution in [2.45, 2.75) is 32.7 Å². The number of hydrogen-bond donors (Lipinski definition) is 1. The molecule has 25 heavy (non-hydrogen) atoms. The van der Waals surface area contributed by atoms with Crippen LogP contribution in [0, 0.1) is 5.82 Å². The Bertz CT molecular complexity index is 854. The molecule has 1 atom stereocenters. The molecule has 0 spiro atoms. The molecule has 0 aliphatic heterocycles.